The third kappa shape index (κ3) is 3.04. The van der Waals surface area contributed by atoms with Crippen LogP contribution >= 0.6 is 11.6 Å². The van der Waals surface area contributed by atoms with E-state index in [9.17, 15) is 4.79 Å². The molecule has 14 heavy (non-hydrogen) atoms. The van der Waals surface area contributed by atoms with Crippen molar-refractivity contribution >= 4 is 17.5 Å². The first kappa shape index (κ1) is 11.1. The molecule has 1 N–H and O–H groups in total. The van der Waals surface area contributed by atoms with Crippen molar-refractivity contribution in [1.82, 2.24) is 5.32 Å². The molecule has 0 spiro atoms. The van der Waals surface area contributed by atoms with Crippen LogP contribution in [0.4, 0.5) is 0 Å². The van der Waals surface area contributed by atoms with Gasteiger partial charge in [0.1, 0.15) is 0 Å². The van der Waals surface area contributed by atoms with Crippen molar-refractivity contribution in [3.05, 3.63) is 34.9 Å². The predicted octanol–water partition coefficient (Wildman–Crippen LogP) is 2.26. The van der Waals surface area contributed by atoms with Gasteiger partial charge in [-0.25, -0.2) is 0 Å². The lowest BCUT2D eigenvalue weighted by Crippen LogP contribution is -2.26. The van der Waals surface area contributed by atoms with E-state index in [0.29, 0.717) is 5.02 Å². The molecular formula is C11H14ClNO. The molecule has 1 aromatic rings. The monoisotopic (exact) mass is 211 g/mol. The number of rotatable bonds is 3. The van der Waals surface area contributed by atoms with E-state index in [-0.39, 0.29) is 11.8 Å². The van der Waals surface area contributed by atoms with E-state index >= 15 is 0 Å². The van der Waals surface area contributed by atoms with E-state index in [4.69, 9.17) is 11.6 Å². The molecule has 0 heterocycles. The van der Waals surface area contributed by atoms with Crippen LogP contribution in [0.5, 0.6) is 0 Å². The minimum Gasteiger partial charge on any atom is -0.359 e. The van der Waals surface area contributed by atoms with E-state index < -0.39 is 0 Å². The quantitative estimate of drug-likeness (QED) is 0.817. The fraction of sp³-hybridized carbons (Fsp3) is 0.364. The molecule has 0 radical (unpaired) electrons. The van der Waals surface area contributed by atoms with Gasteiger partial charge in [0.05, 0.1) is 0 Å². The molecule has 1 aromatic carbocycles. The van der Waals surface area contributed by atoms with Gasteiger partial charge in [-0.2, -0.15) is 0 Å². The Morgan fingerprint density at radius 3 is 2.86 bits per heavy atom. The van der Waals surface area contributed by atoms with Crippen LogP contribution in [0.2, 0.25) is 5.02 Å². The van der Waals surface area contributed by atoms with E-state index in [0.717, 1.165) is 12.0 Å². The Kier molecular flexibility index (Phi) is 3.96. The molecule has 3 heteroatoms. The SMILES string of the molecule is CNC(=O)[C@H](C)Cc1cccc(Cl)c1. The molecule has 2 nitrogen and oxygen atoms in total. The fourth-order valence-corrected chi connectivity index (χ4v) is 1.57. The highest BCUT2D eigenvalue weighted by molar-refractivity contribution is 6.30. The van der Waals surface area contributed by atoms with Gasteiger partial charge in [0, 0.05) is 18.0 Å². The molecule has 0 bridgehead atoms. The van der Waals surface area contributed by atoms with Crippen molar-refractivity contribution in [2.75, 3.05) is 7.05 Å². The first-order valence-corrected chi connectivity index (χ1v) is 4.97. The molecule has 0 aromatic heterocycles. The van der Waals surface area contributed by atoms with E-state index in [2.05, 4.69) is 5.32 Å². The number of amides is 1. The van der Waals surface area contributed by atoms with Gasteiger partial charge < -0.3 is 5.32 Å². The lowest BCUT2D eigenvalue weighted by atomic mass is 10.0. The summed E-state index contributed by atoms with van der Waals surface area (Å²) in [5.41, 5.74) is 1.09. The number of carbonyl (C=O) groups excluding carboxylic acids is 1. The van der Waals surface area contributed by atoms with Gasteiger partial charge in [0.2, 0.25) is 5.91 Å². The Morgan fingerprint density at radius 1 is 1.57 bits per heavy atom. The van der Waals surface area contributed by atoms with Crippen molar-refractivity contribution in [2.45, 2.75) is 13.3 Å². The molecule has 1 rings (SSSR count). The number of halogens is 1. The molecule has 0 aliphatic rings. The molecule has 0 unspecified atom stereocenters. The summed E-state index contributed by atoms with van der Waals surface area (Å²) in [4.78, 5) is 11.3. The minimum atomic E-state index is -0.0153. The Labute approximate surface area is 89.3 Å². The normalized spacial score (nSPS) is 12.2. The van der Waals surface area contributed by atoms with E-state index in [1.54, 1.807) is 7.05 Å². The number of hydrogen-bond acceptors (Lipinski definition) is 1. The highest BCUT2D eigenvalue weighted by Gasteiger charge is 2.11. The van der Waals surface area contributed by atoms with Gasteiger partial charge in [-0.05, 0) is 24.1 Å². The molecule has 0 aliphatic carbocycles. The maximum absolute atomic E-state index is 11.3. The summed E-state index contributed by atoms with van der Waals surface area (Å²) < 4.78 is 0. The lowest BCUT2D eigenvalue weighted by molar-refractivity contribution is -0.123. The van der Waals surface area contributed by atoms with Crippen LogP contribution in [-0.4, -0.2) is 13.0 Å². The predicted molar refractivity (Wildman–Crippen MR) is 58.4 cm³/mol. The molecule has 1 amide bonds. The number of nitrogens with one attached hydrogen (secondary N) is 1. The highest BCUT2D eigenvalue weighted by atomic mass is 35.5. The minimum absolute atomic E-state index is 0.0153. The third-order valence-electron chi connectivity index (χ3n) is 2.12. The van der Waals surface area contributed by atoms with Crippen LogP contribution < -0.4 is 5.32 Å². The van der Waals surface area contributed by atoms with Crippen molar-refractivity contribution in [3.63, 3.8) is 0 Å². The van der Waals surface area contributed by atoms with Crippen LogP contribution in [0, 0.1) is 5.92 Å². The summed E-state index contributed by atoms with van der Waals surface area (Å²) >= 11 is 5.84. The lowest BCUT2D eigenvalue weighted by Gasteiger charge is -2.09. The zero-order valence-corrected chi connectivity index (χ0v) is 9.14. The standard InChI is InChI=1S/C11H14ClNO/c1-8(11(14)13-2)6-9-4-3-5-10(12)7-9/h3-5,7-8H,6H2,1-2H3,(H,13,14)/t8-/m1/s1. The first-order valence-electron chi connectivity index (χ1n) is 4.59. The second-order valence-corrected chi connectivity index (χ2v) is 3.79. The number of benzene rings is 1. The summed E-state index contributed by atoms with van der Waals surface area (Å²) in [7, 11) is 1.65. The van der Waals surface area contributed by atoms with Crippen molar-refractivity contribution in [1.29, 1.82) is 0 Å². The van der Waals surface area contributed by atoms with Crippen LogP contribution in [-0.2, 0) is 11.2 Å². The van der Waals surface area contributed by atoms with Gasteiger partial charge in [-0.3, -0.25) is 4.79 Å². The second-order valence-electron chi connectivity index (χ2n) is 3.35. The van der Waals surface area contributed by atoms with Gasteiger partial charge in [-0.15, -0.1) is 0 Å². The number of hydrogen-bond donors (Lipinski definition) is 1. The third-order valence-corrected chi connectivity index (χ3v) is 2.36. The van der Waals surface area contributed by atoms with Crippen LogP contribution in [0.3, 0.4) is 0 Å². The van der Waals surface area contributed by atoms with Crippen LogP contribution in [0.25, 0.3) is 0 Å². The van der Waals surface area contributed by atoms with E-state index in [1.165, 1.54) is 0 Å². The van der Waals surface area contributed by atoms with Gasteiger partial charge >= 0.3 is 0 Å². The smallest absolute Gasteiger partial charge is 0.222 e. The average molecular weight is 212 g/mol. The van der Waals surface area contributed by atoms with E-state index in [1.807, 2.05) is 31.2 Å². The maximum Gasteiger partial charge on any atom is 0.222 e. The van der Waals surface area contributed by atoms with Crippen molar-refractivity contribution < 1.29 is 4.79 Å². The largest absolute Gasteiger partial charge is 0.359 e. The fourth-order valence-electron chi connectivity index (χ4n) is 1.36. The van der Waals surface area contributed by atoms with Gasteiger partial charge in [0.15, 0.2) is 0 Å². The first-order chi connectivity index (χ1) is 6.63. The summed E-state index contributed by atoms with van der Waals surface area (Å²) in [6, 6.07) is 7.59. The molecule has 0 aliphatic heterocycles. The number of carbonyl (C=O) groups is 1. The summed E-state index contributed by atoms with van der Waals surface area (Å²) in [5.74, 6) is 0.0449. The van der Waals surface area contributed by atoms with Gasteiger partial charge in [0.25, 0.3) is 0 Å². The Bertz CT molecular complexity index is 325. The maximum atomic E-state index is 11.3. The van der Waals surface area contributed by atoms with Crippen molar-refractivity contribution in [2.24, 2.45) is 5.92 Å². The summed E-state index contributed by atoms with van der Waals surface area (Å²) in [6.45, 7) is 1.90. The second kappa shape index (κ2) is 5.01. The zero-order valence-electron chi connectivity index (χ0n) is 8.38. The van der Waals surface area contributed by atoms with Gasteiger partial charge in [-0.1, -0.05) is 30.7 Å². The zero-order chi connectivity index (χ0) is 10.6. The average Bonchev–Trinajstić information content (AvgIpc) is 2.16. The Hall–Kier alpha value is -1.02. The Balaban J connectivity index is 2.64. The summed E-state index contributed by atoms with van der Waals surface area (Å²) in [5, 5.41) is 3.34. The molecule has 0 fully saturated rings. The Morgan fingerprint density at radius 2 is 2.29 bits per heavy atom. The highest BCUT2D eigenvalue weighted by Crippen LogP contribution is 2.14. The van der Waals surface area contributed by atoms with Crippen LogP contribution in [0.15, 0.2) is 24.3 Å². The molecule has 0 saturated carbocycles. The molecule has 1 atom stereocenters. The topological polar surface area (TPSA) is 29.1 Å². The molecule has 76 valence electrons. The molecular weight excluding hydrogens is 198 g/mol. The summed E-state index contributed by atoms with van der Waals surface area (Å²) in [6.07, 6.45) is 0.722. The molecule has 0 saturated heterocycles. The van der Waals surface area contributed by atoms with Crippen molar-refractivity contribution in [3.8, 4) is 0 Å². The van der Waals surface area contributed by atoms with Crippen LogP contribution in [0.1, 0.15) is 12.5 Å².